The van der Waals surface area contributed by atoms with E-state index in [4.69, 9.17) is 15.0 Å². The van der Waals surface area contributed by atoms with Crippen molar-refractivity contribution in [2.45, 2.75) is 25.9 Å². The second kappa shape index (κ2) is 8.90. The normalized spacial score (nSPS) is 15.8. The molecule has 7 nitrogen and oxygen atoms in total. The fraction of sp³-hybridized carbons (Fsp3) is 0.240. The standard InChI is InChI=1S/C25H25N5O2/c1-16-2-6-19(7-3-16)22-14-28-25(26)24(29-22)23-12-21(30-32-23)18-8-4-17(5-9-18)13-27-20-10-11-31-15-20/h2-9,12,14,20,27H,10-11,13,15H2,1H3,(H2,26,28)/t20-/m0/s1. The third kappa shape index (κ3) is 4.39. The van der Waals surface area contributed by atoms with Gasteiger partial charge >= 0.3 is 0 Å². The second-order valence-electron chi connectivity index (χ2n) is 8.07. The lowest BCUT2D eigenvalue weighted by molar-refractivity contribution is 0.190. The van der Waals surface area contributed by atoms with E-state index in [0.717, 1.165) is 48.7 Å². The van der Waals surface area contributed by atoms with Crippen LogP contribution in [-0.4, -0.2) is 34.4 Å². The summed E-state index contributed by atoms with van der Waals surface area (Å²) >= 11 is 0. The van der Waals surface area contributed by atoms with Gasteiger partial charge in [-0.2, -0.15) is 0 Å². The monoisotopic (exact) mass is 427 g/mol. The van der Waals surface area contributed by atoms with E-state index in [9.17, 15) is 0 Å². The van der Waals surface area contributed by atoms with Gasteiger partial charge in [-0.3, -0.25) is 0 Å². The third-order valence-corrected chi connectivity index (χ3v) is 5.67. The molecule has 0 saturated carbocycles. The predicted octanol–water partition coefficient (Wildman–Crippen LogP) is 4.23. The van der Waals surface area contributed by atoms with Crippen molar-refractivity contribution in [2.75, 3.05) is 18.9 Å². The Kier molecular flexibility index (Phi) is 5.66. The first kappa shape index (κ1) is 20.4. The fourth-order valence-corrected chi connectivity index (χ4v) is 3.72. The number of hydrogen-bond acceptors (Lipinski definition) is 7. The highest BCUT2D eigenvalue weighted by molar-refractivity contribution is 5.73. The summed E-state index contributed by atoms with van der Waals surface area (Å²) in [7, 11) is 0. The Balaban J connectivity index is 1.34. The molecule has 1 aliphatic rings. The molecule has 1 aliphatic heterocycles. The van der Waals surface area contributed by atoms with Gasteiger partial charge in [-0.05, 0) is 18.9 Å². The molecule has 0 amide bonds. The minimum absolute atomic E-state index is 0.306. The number of benzene rings is 2. The van der Waals surface area contributed by atoms with Gasteiger partial charge < -0.3 is 20.3 Å². The largest absolute Gasteiger partial charge is 0.382 e. The van der Waals surface area contributed by atoms with Crippen LogP contribution in [0.5, 0.6) is 0 Å². The SMILES string of the molecule is Cc1ccc(-c2cnc(N)c(-c3cc(-c4ccc(CN[C@H]5CCOC5)cc4)no3)n2)cc1. The van der Waals surface area contributed by atoms with Gasteiger partial charge in [-0.25, -0.2) is 9.97 Å². The van der Waals surface area contributed by atoms with Crippen molar-refractivity contribution in [3.05, 3.63) is 71.9 Å². The predicted molar refractivity (Wildman–Crippen MR) is 124 cm³/mol. The van der Waals surface area contributed by atoms with E-state index in [1.54, 1.807) is 6.20 Å². The van der Waals surface area contributed by atoms with Gasteiger partial charge in [0.1, 0.15) is 5.69 Å². The summed E-state index contributed by atoms with van der Waals surface area (Å²) < 4.78 is 11.0. The molecular weight excluding hydrogens is 402 g/mol. The van der Waals surface area contributed by atoms with Crippen molar-refractivity contribution in [1.82, 2.24) is 20.4 Å². The highest BCUT2D eigenvalue weighted by Crippen LogP contribution is 2.29. The second-order valence-corrected chi connectivity index (χ2v) is 8.07. The molecule has 0 unspecified atom stereocenters. The maximum atomic E-state index is 6.10. The van der Waals surface area contributed by atoms with Crippen molar-refractivity contribution < 1.29 is 9.26 Å². The molecule has 7 heteroatoms. The molecule has 5 rings (SSSR count). The van der Waals surface area contributed by atoms with Crippen molar-refractivity contribution >= 4 is 5.82 Å². The van der Waals surface area contributed by atoms with E-state index in [2.05, 4.69) is 32.6 Å². The zero-order chi connectivity index (χ0) is 21.9. The summed E-state index contributed by atoms with van der Waals surface area (Å²) in [6, 6.07) is 18.7. The van der Waals surface area contributed by atoms with Crippen LogP contribution < -0.4 is 11.1 Å². The van der Waals surface area contributed by atoms with E-state index >= 15 is 0 Å². The Bertz CT molecular complexity index is 1200. The smallest absolute Gasteiger partial charge is 0.189 e. The number of nitrogens with one attached hydrogen (secondary N) is 1. The minimum Gasteiger partial charge on any atom is -0.382 e. The molecule has 4 aromatic rings. The van der Waals surface area contributed by atoms with Crippen molar-refractivity contribution in [2.24, 2.45) is 0 Å². The minimum atomic E-state index is 0.306. The average Bonchev–Trinajstić information content (AvgIpc) is 3.52. The van der Waals surface area contributed by atoms with Crippen LogP contribution in [0.4, 0.5) is 5.82 Å². The summed E-state index contributed by atoms with van der Waals surface area (Å²) in [4.78, 5) is 9.00. The molecule has 0 aliphatic carbocycles. The van der Waals surface area contributed by atoms with Gasteiger partial charge in [0.25, 0.3) is 0 Å². The molecule has 3 N–H and O–H groups in total. The lowest BCUT2D eigenvalue weighted by Crippen LogP contribution is -2.28. The lowest BCUT2D eigenvalue weighted by Gasteiger charge is -2.10. The van der Waals surface area contributed by atoms with E-state index in [0.29, 0.717) is 23.3 Å². The first-order valence-electron chi connectivity index (χ1n) is 10.7. The Morgan fingerprint density at radius 2 is 1.78 bits per heavy atom. The van der Waals surface area contributed by atoms with Crippen LogP contribution in [0.25, 0.3) is 34.0 Å². The maximum absolute atomic E-state index is 6.10. The van der Waals surface area contributed by atoms with Crippen LogP contribution in [-0.2, 0) is 11.3 Å². The van der Waals surface area contributed by atoms with Crippen molar-refractivity contribution in [1.29, 1.82) is 0 Å². The van der Waals surface area contributed by atoms with Gasteiger partial charge in [-0.1, -0.05) is 59.3 Å². The van der Waals surface area contributed by atoms with Gasteiger partial charge in [0.05, 0.1) is 18.5 Å². The summed E-state index contributed by atoms with van der Waals surface area (Å²) in [5.41, 5.74) is 12.4. The van der Waals surface area contributed by atoms with E-state index < -0.39 is 0 Å². The number of aromatic nitrogens is 3. The third-order valence-electron chi connectivity index (χ3n) is 5.67. The number of aryl methyl sites for hydroxylation is 1. The Hall–Kier alpha value is -3.55. The first-order chi connectivity index (χ1) is 15.7. The van der Waals surface area contributed by atoms with Crippen LogP contribution in [0.2, 0.25) is 0 Å². The summed E-state index contributed by atoms with van der Waals surface area (Å²) in [5, 5.41) is 7.75. The zero-order valence-corrected chi connectivity index (χ0v) is 17.9. The average molecular weight is 428 g/mol. The van der Waals surface area contributed by atoms with Crippen LogP contribution in [0, 0.1) is 6.92 Å². The van der Waals surface area contributed by atoms with Crippen molar-refractivity contribution in [3.8, 4) is 34.0 Å². The van der Waals surface area contributed by atoms with Crippen LogP contribution >= 0.6 is 0 Å². The van der Waals surface area contributed by atoms with Crippen LogP contribution in [0.15, 0.2) is 65.3 Å². The zero-order valence-electron chi connectivity index (χ0n) is 17.9. The van der Waals surface area contributed by atoms with Gasteiger partial charge in [-0.15, -0.1) is 0 Å². The van der Waals surface area contributed by atoms with Gasteiger partial charge in [0.15, 0.2) is 17.3 Å². The first-order valence-corrected chi connectivity index (χ1v) is 10.7. The van der Waals surface area contributed by atoms with Crippen molar-refractivity contribution in [3.63, 3.8) is 0 Å². The number of anilines is 1. The molecular formula is C25H25N5O2. The number of ether oxygens (including phenoxy) is 1. The Morgan fingerprint density at radius 3 is 2.53 bits per heavy atom. The molecule has 0 bridgehead atoms. The molecule has 3 heterocycles. The fourth-order valence-electron chi connectivity index (χ4n) is 3.72. The molecule has 162 valence electrons. The molecule has 1 saturated heterocycles. The molecule has 2 aromatic heterocycles. The Morgan fingerprint density at radius 1 is 1.03 bits per heavy atom. The molecule has 1 fully saturated rings. The molecule has 1 atom stereocenters. The topological polar surface area (TPSA) is 99.1 Å². The van der Waals surface area contributed by atoms with Crippen LogP contribution in [0.1, 0.15) is 17.5 Å². The summed E-state index contributed by atoms with van der Waals surface area (Å²) in [6.45, 7) is 4.49. The lowest BCUT2D eigenvalue weighted by atomic mass is 10.1. The highest BCUT2D eigenvalue weighted by Gasteiger charge is 2.16. The quantitative estimate of drug-likeness (QED) is 0.475. The number of nitrogens with two attached hydrogens (primary N) is 1. The molecule has 2 aromatic carbocycles. The number of hydrogen-bond donors (Lipinski definition) is 2. The van der Waals surface area contributed by atoms with Crippen LogP contribution in [0.3, 0.4) is 0 Å². The Labute approximate surface area is 186 Å². The molecule has 0 radical (unpaired) electrons. The maximum Gasteiger partial charge on any atom is 0.189 e. The number of nitrogens with zero attached hydrogens (tertiary/aromatic N) is 3. The number of nitrogen functional groups attached to an aromatic ring is 1. The van der Waals surface area contributed by atoms with Gasteiger partial charge in [0, 0.05) is 36.4 Å². The molecule has 0 spiro atoms. The molecule has 32 heavy (non-hydrogen) atoms. The van der Waals surface area contributed by atoms with E-state index in [-0.39, 0.29) is 0 Å². The summed E-state index contributed by atoms with van der Waals surface area (Å²) in [6.07, 6.45) is 2.74. The van der Waals surface area contributed by atoms with E-state index in [1.165, 1.54) is 11.1 Å². The van der Waals surface area contributed by atoms with E-state index in [1.807, 2.05) is 49.4 Å². The summed E-state index contributed by atoms with van der Waals surface area (Å²) in [5.74, 6) is 0.798. The number of rotatable bonds is 6. The highest BCUT2D eigenvalue weighted by atomic mass is 16.5. The van der Waals surface area contributed by atoms with Gasteiger partial charge in [0.2, 0.25) is 0 Å².